The lowest BCUT2D eigenvalue weighted by atomic mass is 10.0. The van der Waals surface area contributed by atoms with Crippen LogP contribution in [-0.4, -0.2) is 83.2 Å². The number of hydrogen-bond donors (Lipinski definition) is 1. The van der Waals surface area contributed by atoms with Crippen molar-refractivity contribution in [1.82, 2.24) is 14.8 Å². The number of ether oxygens (including phenoxy) is 1. The summed E-state index contributed by atoms with van der Waals surface area (Å²) >= 11 is 1.64. The second-order valence-corrected chi connectivity index (χ2v) is 11.2. The van der Waals surface area contributed by atoms with Gasteiger partial charge in [-0.15, -0.1) is 11.3 Å². The molecule has 0 amide bonds. The number of aliphatic hydroxyl groups is 1. The van der Waals surface area contributed by atoms with Crippen molar-refractivity contribution >= 4 is 27.3 Å². The SMILES string of the molecule is Cc1nc2cc(OC[C@H](O)CN3CCN(CC4CC(c5ccc(C(F)(F)F)cc5)=NO4)C[C@@H]3C)ccc2s1. The summed E-state index contributed by atoms with van der Waals surface area (Å²) in [6.07, 6.45) is -4.55. The fourth-order valence-electron chi connectivity index (χ4n) is 4.97. The predicted octanol–water partition coefficient (Wildman–Crippen LogP) is 4.56. The smallest absolute Gasteiger partial charge is 0.416 e. The zero-order valence-corrected chi connectivity index (χ0v) is 22.1. The first kappa shape index (κ1) is 26.9. The molecule has 0 bridgehead atoms. The van der Waals surface area contributed by atoms with Gasteiger partial charge in [-0.2, -0.15) is 13.2 Å². The highest BCUT2D eigenvalue weighted by molar-refractivity contribution is 7.18. The quantitative estimate of drug-likeness (QED) is 0.445. The number of aliphatic hydroxyl groups excluding tert-OH is 1. The summed E-state index contributed by atoms with van der Waals surface area (Å²) in [6.45, 7) is 7.99. The average Bonchev–Trinajstić information content (AvgIpc) is 3.49. The van der Waals surface area contributed by atoms with Crippen LogP contribution >= 0.6 is 11.3 Å². The third-order valence-electron chi connectivity index (χ3n) is 6.94. The molecular weight excluding hydrogens is 517 g/mol. The van der Waals surface area contributed by atoms with E-state index in [0.717, 1.165) is 47.0 Å². The Hall–Kier alpha value is -2.73. The van der Waals surface area contributed by atoms with Gasteiger partial charge in [-0.25, -0.2) is 4.98 Å². The number of rotatable bonds is 8. The number of aryl methyl sites for hydroxylation is 1. The van der Waals surface area contributed by atoms with Crippen LogP contribution in [0.3, 0.4) is 0 Å². The van der Waals surface area contributed by atoms with Crippen LogP contribution in [-0.2, 0) is 11.0 Å². The minimum Gasteiger partial charge on any atom is -0.491 e. The van der Waals surface area contributed by atoms with Gasteiger partial charge in [0.15, 0.2) is 0 Å². The first-order valence-electron chi connectivity index (χ1n) is 12.7. The van der Waals surface area contributed by atoms with Crippen LogP contribution in [0.5, 0.6) is 5.75 Å². The first-order valence-corrected chi connectivity index (χ1v) is 13.5. The van der Waals surface area contributed by atoms with E-state index in [1.54, 1.807) is 11.3 Å². The number of thiazole rings is 1. The summed E-state index contributed by atoms with van der Waals surface area (Å²) in [5.41, 5.74) is 1.56. The molecule has 0 radical (unpaired) electrons. The third-order valence-corrected chi connectivity index (χ3v) is 7.89. The number of halogens is 3. The van der Waals surface area contributed by atoms with E-state index in [9.17, 15) is 18.3 Å². The zero-order valence-electron chi connectivity index (χ0n) is 21.3. The van der Waals surface area contributed by atoms with Crippen molar-refractivity contribution in [2.24, 2.45) is 5.16 Å². The van der Waals surface area contributed by atoms with Crippen molar-refractivity contribution in [1.29, 1.82) is 0 Å². The van der Waals surface area contributed by atoms with E-state index >= 15 is 0 Å². The fraction of sp³-hybridized carbons (Fsp3) is 0.481. The summed E-state index contributed by atoms with van der Waals surface area (Å²) in [6, 6.07) is 11.1. The number of aromatic nitrogens is 1. The molecule has 2 aliphatic rings. The van der Waals surface area contributed by atoms with Gasteiger partial charge in [-0.1, -0.05) is 17.3 Å². The molecular formula is C27H31F3N4O3S. The van der Waals surface area contributed by atoms with E-state index in [1.807, 2.05) is 25.1 Å². The van der Waals surface area contributed by atoms with Crippen LogP contribution in [0.25, 0.3) is 10.2 Å². The van der Waals surface area contributed by atoms with Crippen molar-refractivity contribution in [2.75, 3.05) is 39.3 Å². The van der Waals surface area contributed by atoms with Crippen LogP contribution in [0.2, 0.25) is 0 Å². The van der Waals surface area contributed by atoms with Gasteiger partial charge in [0.2, 0.25) is 0 Å². The topological polar surface area (TPSA) is 70.4 Å². The summed E-state index contributed by atoms with van der Waals surface area (Å²) in [5.74, 6) is 0.703. The molecule has 0 aliphatic carbocycles. The summed E-state index contributed by atoms with van der Waals surface area (Å²) in [7, 11) is 0. The molecule has 2 aliphatic heterocycles. The molecule has 11 heteroatoms. The molecule has 3 heterocycles. The normalized spacial score (nSPS) is 21.9. The Labute approximate surface area is 223 Å². The lowest BCUT2D eigenvalue weighted by Crippen LogP contribution is -2.55. The molecule has 3 aromatic rings. The second-order valence-electron chi connectivity index (χ2n) is 9.98. The van der Waals surface area contributed by atoms with Gasteiger partial charge in [0.05, 0.1) is 26.5 Å². The molecule has 3 atom stereocenters. The molecule has 7 nitrogen and oxygen atoms in total. The number of fused-ring (bicyclic) bond motifs is 1. The molecule has 0 saturated carbocycles. The van der Waals surface area contributed by atoms with Crippen LogP contribution in [0, 0.1) is 6.92 Å². The van der Waals surface area contributed by atoms with Crippen molar-refractivity contribution in [3.05, 3.63) is 58.6 Å². The number of β-amino-alcohol motifs (C(OH)–C–C–N with tert-alkyl or cyclic N) is 1. The molecule has 1 saturated heterocycles. The van der Waals surface area contributed by atoms with Crippen molar-refractivity contribution in [2.45, 2.75) is 44.7 Å². The molecule has 204 valence electrons. The van der Waals surface area contributed by atoms with Crippen molar-refractivity contribution in [3.63, 3.8) is 0 Å². The summed E-state index contributed by atoms with van der Waals surface area (Å²) < 4.78 is 45.4. The molecule has 2 aromatic carbocycles. The highest BCUT2D eigenvalue weighted by atomic mass is 32.1. The number of piperazine rings is 1. The molecule has 0 spiro atoms. The maximum Gasteiger partial charge on any atom is 0.416 e. The Kier molecular flexibility index (Phi) is 7.90. The van der Waals surface area contributed by atoms with Crippen LogP contribution in [0.1, 0.15) is 29.5 Å². The average molecular weight is 549 g/mol. The number of nitrogens with zero attached hydrogens (tertiary/aromatic N) is 4. The van der Waals surface area contributed by atoms with E-state index in [1.165, 1.54) is 12.1 Å². The van der Waals surface area contributed by atoms with Crippen LogP contribution < -0.4 is 4.74 Å². The van der Waals surface area contributed by atoms with E-state index in [-0.39, 0.29) is 18.8 Å². The lowest BCUT2D eigenvalue weighted by molar-refractivity contribution is -0.137. The Bertz CT molecular complexity index is 1280. The van der Waals surface area contributed by atoms with E-state index in [0.29, 0.717) is 36.5 Å². The monoisotopic (exact) mass is 548 g/mol. The molecule has 1 fully saturated rings. The third kappa shape index (κ3) is 6.45. The number of benzene rings is 2. The standard InChI is InChI=1S/C27H31F3N4O3S/c1-17-13-33(15-23-12-24(32-37-23)19-3-5-20(6-4-19)27(28,29)30)9-10-34(17)14-21(35)16-36-22-7-8-26-25(11-22)31-18(2)38-26/h3-8,11,17,21,23,35H,9-10,12-16H2,1-2H3/t17-,21+,23?/m0/s1. The number of oxime groups is 1. The van der Waals surface area contributed by atoms with Crippen LogP contribution in [0.4, 0.5) is 13.2 Å². The molecule has 1 N–H and O–H groups in total. The van der Waals surface area contributed by atoms with E-state index < -0.39 is 17.8 Å². The van der Waals surface area contributed by atoms with Gasteiger partial charge in [0.1, 0.15) is 24.6 Å². The lowest BCUT2D eigenvalue weighted by Gasteiger charge is -2.41. The molecule has 1 aromatic heterocycles. The Balaban J connectivity index is 1.05. The van der Waals surface area contributed by atoms with Gasteiger partial charge in [0, 0.05) is 51.3 Å². The molecule has 5 rings (SSSR count). The fourth-order valence-corrected chi connectivity index (χ4v) is 5.78. The number of hydrogen-bond acceptors (Lipinski definition) is 8. The Morgan fingerprint density at radius 2 is 1.97 bits per heavy atom. The summed E-state index contributed by atoms with van der Waals surface area (Å²) in [4.78, 5) is 14.7. The van der Waals surface area contributed by atoms with E-state index in [4.69, 9.17) is 9.57 Å². The zero-order chi connectivity index (χ0) is 26.9. The highest BCUT2D eigenvalue weighted by Gasteiger charge is 2.32. The maximum atomic E-state index is 12.8. The summed E-state index contributed by atoms with van der Waals surface area (Å²) in [5, 5.41) is 15.7. The minimum absolute atomic E-state index is 0.135. The van der Waals surface area contributed by atoms with Gasteiger partial charge in [-0.3, -0.25) is 9.80 Å². The van der Waals surface area contributed by atoms with Gasteiger partial charge in [0.25, 0.3) is 0 Å². The second kappa shape index (κ2) is 11.2. The van der Waals surface area contributed by atoms with Crippen molar-refractivity contribution in [3.8, 4) is 5.75 Å². The number of alkyl halides is 3. The molecule has 38 heavy (non-hydrogen) atoms. The van der Waals surface area contributed by atoms with Gasteiger partial charge < -0.3 is 14.7 Å². The Morgan fingerprint density at radius 3 is 2.71 bits per heavy atom. The predicted molar refractivity (Wildman–Crippen MR) is 141 cm³/mol. The molecule has 1 unspecified atom stereocenters. The maximum absolute atomic E-state index is 12.8. The first-order chi connectivity index (χ1) is 18.1. The van der Waals surface area contributed by atoms with Crippen molar-refractivity contribution < 1.29 is 27.9 Å². The van der Waals surface area contributed by atoms with E-state index in [2.05, 4.69) is 26.9 Å². The minimum atomic E-state index is -4.35. The largest absolute Gasteiger partial charge is 0.491 e. The van der Waals surface area contributed by atoms with Crippen LogP contribution in [0.15, 0.2) is 47.6 Å². The van der Waals surface area contributed by atoms with Gasteiger partial charge in [-0.05, 0) is 43.7 Å². The van der Waals surface area contributed by atoms with Gasteiger partial charge >= 0.3 is 6.18 Å². The highest BCUT2D eigenvalue weighted by Crippen LogP contribution is 2.30. The Morgan fingerprint density at radius 1 is 1.18 bits per heavy atom.